The van der Waals surface area contributed by atoms with Crippen LogP contribution in [0.4, 0.5) is 5.69 Å². The van der Waals surface area contributed by atoms with Crippen molar-refractivity contribution in [3.8, 4) is 0 Å². The molecule has 9 nitrogen and oxygen atoms in total. The largest absolute Gasteiger partial charge is 0.298 e. The molecule has 0 aliphatic carbocycles. The van der Waals surface area contributed by atoms with Crippen molar-refractivity contribution in [1.29, 1.82) is 0 Å². The summed E-state index contributed by atoms with van der Waals surface area (Å²) in [7, 11) is -2.67. The second-order valence-corrected chi connectivity index (χ2v) is 9.48. The van der Waals surface area contributed by atoms with Crippen molar-refractivity contribution >= 4 is 49.8 Å². The van der Waals surface area contributed by atoms with Gasteiger partial charge in [-0.3, -0.25) is 19.5 Å². The van der Waals surface area contributed by atoms with Gasteiger partial charge >= 0.3 is 0 Å². The van der Waals surface area contributed by atoms with Crippen LogP contribution in [0.2, 0.25) is 10.0 Å². The van der Waals surface area contributed by atoms with E-state index in [2.05, 4.69) is 4.98 Å². The van der Waals surface area contributed by atoms with E-state index in [0.29, 0.717) is 15.9 Å². The van der Waals surface area contributed by atoms with Crippen LogP contribution in [0.25, 0.3) is 10.9 Å². The maximum atomic E-state index is 13.3. The van der Waals surface area contributed by atoms with Crippen LogP contribution in [0.15, 0.2) is 46.1 Å². The summed E-state index contributed by atoms with van der Waals surface area (Å²) in [6, 6.07) is 7.12. The van der Waals surface area contributed by atoms with Crippen molar-refractivity contribution in [2.75, 3.05) is 6.54 Å². The molecule has 2 aromatic carbocycles. The topological polar surface area (TPSA) is 115 Å². The van der Waals surface area contributed by atoms with Gasteiger partial charge in [0.25, 0.3) is 11.2 Å². The first-order valence-corrected chi connectivity index (χ1v) is 11.3. The minimum atomic E-state index is -4.17. The van der Waals surface area contributed by atoms with Gasteiger partial charge in [-0.05, 0) is 37.3 Å². The Morgan fingerprint density at radius 1 is 1.23 bits per heavy atom. The molecule has 164 valence electrons. The summed E-state index contributed by atoms with van der Waals surface area (Å²) in [5.74, 6) is 0.216. The molecular weight excluding hydrogens is 467 g/mol. The van der Waals surface area contributed by atoms with Crippen LogP contribution < -0.4 is 5.56 Å². The predicted octanol–water partition coefficient (Wildman–Crippen LogP) is 3.92. The fourth-order valence-corrected chi connectivity index (χ4v) is 5.32. The third-order valence-corrected chi connectivity index (χ3v) is 7.51. The van der Waals surface area contributed by atoms with Crippen LogP contribution in [0.3, 0.4) is 0 Å². The molecule has 0 saturated carbocycles. The van der Waals surface area contributed by atoms with Gasteiger partial charge in [0.05, 0.1) is 26.8 Å². The quantitative estimate of drug-likeness (QED) is 0.386. The molecule has 12 heteroatoms. The monoisotopic (exact) mass is 484 g/mol. The molecule has 0 saturated heterocycles. The van der Waals surface area contributed by atoms with Crippen LogP contribution in [-0.4, -0.2) is 33.7 Å². The van der Waals surface area contributed by atoms with Gasteiger partial charge in [0.15, 0.2) is 0 Å². The standard InChI is InChI=1S/C19H18Cl2N4O5S/c1-4-24(31(29,30)13-6-7-15(21)17(10-13)25(27)28)11(2)18-22-16-8-5-12(20)9-14(16)19(26)23(18)3/h5-11H,4H2,1-3H3. The maximum Gasteiger partial charge on any atom is 0.289 e. The summed E-state index contributed by atoms with van der Waals surface area (Å²) in [5.41, 5.74) is -0.505. The number of fused-ring (bicyclic) bond motifs is 1. The predicted molar refractivity (Wildman–Crippen MR) is 118 cm³/mol. The van der Waals surface area contributed by atoms with Gasteiger partial charge in [-0.15, -0.1) is 0 Å². The van der Waals surface area contributed by atoms with E-state index in [1.54, 1.807) is 26.0 Å². The fourth-order valence-electron chi connectivity index (χ4n) is 3.34. The number of sulfonamides is 1. The van der Waals surface area contributed by atoms with E-state index >= 15 is 0 Å². The molecule has 1 heterocycles. The first-order chi connectivity index (χ1) is 14.5. The highest BCUT2D eigenvalue weighted by molar-refractivity contribution is 7.89. The number of nitrogens with zero attached hydrogens (tertiary/aromatic N) is 4. The van der Waals surface area contributed by atoms with Gasteiger partial charge in [0, 0.05) is 24.7 Å². The molecular formula is C19H18Cl2N4O5S. The van der Waals surface area contributed by atoms with Crippen LogP contribution in [0, 0.1) is 10.1 Å². The van der Waals surface area contributed by atoms with Crippen molar-refractivity contribution < 1.29 is 13.3 Å². The van der Waals surface area contributed by atoms with E-state index in [0.717, 1.165) is 10.4 Å². The number of halogens is 2. The lowest BCUT2D eigenvalue weighted by Gasteiger charge is -2.28. The number of hydrogen-bond donors (Lipinski definition) is 0. The number of rotatable bonds is 6. The third-order valence-electron chi connectivity index (χ3n) is 4.91. The smallest absolute Gasteiger partial charge is 0.289 e. The Morgan fingerprint density at radius 2 is 1.90 bits per heavy atom. The minimum absolute atomic E-state index is 0.0362. The number of aromatic nitrogens is 2. The molecule has 0 N–H and O–H groups in total. The summed E-state index contributed by atoms with van der Waals surface area (Å²) >= 11 is 11.8. The lowest BCUT2D eigenvalue weighted by Crippen LogP contribution is -2.37. The van der Waals surface area contributed by atoms with Gasteiger partial charge in [0.1, 0.15) is 10.8 Å². The van der Waals surface area contributed by atoms with Gasteiger partial charge in [0.2, 0.25) is 10.0 Å². The lowest BCUT2D eigenvalue weighted by atomic mass is 10.2. The summed E-state index contributed by atoms with van der Waals surface area (Å²) in [5, 5.41) is 11.7. The van der Waals surface area contributed by atoms with E-state index in [9.17, 15) is 23.3 Å². The molecule has 31 heavy (non-hydrogen) atoms. The van der Waals surface area contributed by atoms with E-state index in [1.807, 2.05) is 0 Å². The highest BCUT2D eigenvalue weighted by atomic mass is 35.5. The Bertz CT molecular complexity index is 1360. The van der Waals surface area contributed by atoms with Crippen molar-refractivity contribution in [3.63, 3.8) is 0 Å². The molecule has 0 spiro atoms. The van der Waals surface area contributed by atoms with Crippen LogP contribution in [0.5, 0.6) is 0 Å². The molecule has 0 bridgehead atoms. The van der Waals surface area contributed by atoms with Crippen LogP contribution in [0.1, 0.15) is 25.7 Å². The molecule has 0 fully saturated rings. The van der Waals surface area contributed by atoms with Gasteiger partial charge in [-0.1, -0.05) is 30.1 Å². The van der Waals surface area contributed by atoms with Gasteiger partial charge in [-0.2, -0.15) is 4.31 Å². The zero-order chi connectivity index (χ0) is 23.1. The Labute approximate surface area is 188 Å². The van der Waals surface area contributed by atoms with Crippen molar-refractivity contribution in [2.24, 2.45) is 7.05 Å². The molecule has 0 aliphatic heterocycles. The summed E-state index contributed by atoms with van der Waals surface area (Å²) < 4.78 is 29.0. The Kier molecular flexibility index (Phi) is 6.38. The Morgan fingerprint density at radius 3 is 2.52 bits per heavy atom. The molecule has 1 atom stereocenters. The molecule has 0 radical (unpaired) electrons. The summed E-state index contributed by atoms with van der Waals surface area (Å²) in [6.45, 7) is 3.25. The minimum Gasteiger partial charge on any atom is -0.298 e. The third kappa shape index (κ3) is 4.16. The first kappa shape index (κ1) is 23.1. The number of nitro groups is 1. The van der Waals surface area contributed by atoms with Crippen LogP contribution in [-0.2, 0) is 17.1 Å². The normalized spacial score (nSPS) is 13.0. The summed E-state index contributed by atoms with van der Waals surface area (Å²) in [6.07, 6.45) is 0. The first-order valence-electron chi connectivity index (χ1n) is 9.11. The molecule has 3 rings (SSSR count). The van der Waals surface area contributed by atoms with E-state index in [1.165, 1.54) is 29.8 Å². The molecule has 0 amide bonds. The SMILES string of the molecule is CCN(C(C)c1nc2ccc(Cl)cc2c(=O)n1C)S(=O)(=O)c1ccc(Cl)c([N+](=O)[O-])c1. The second kappa shape index (κ2) is 8.54. The Balaban J connectivity index is 2.14. The zero-order valence-corrected chi connectivity index (χ0v) is 19.1. The molecule has 3 aromatic rings. The number of benzene rings is 2. The highest BCUT2D eigenvalue weighted by Crippen LogP contribution is 2.31. The average Bonchev–Trinajstić information content (AvgIpc) is 2.71. The second-order valence-electron chi connectivity index (χ2n) is 6.75. The van der Waals surface area contributed by atoms with Crippen molar-refractivity contribution in [2.45, 2.75) is 24.8 Å². The maximum absolute atomic E-state index is 13.3. The molecule has 1 aromatic heterocycles. The Hall–Kier alpha value is -2.53. The molecule has 1 unspecified atom stereocenters. The van der Waals surface area contributed by atoms with Gasteiger partial charge in [-0.25, -0.2) is 13.4 Å². The van der Waals surface area contributed by atoms with Crippen molar-refractivity contribution in [1.82, 2.24) is 13.9 Å². The van der Waals surface area contributed by atoms with Crippen molar-refractivity contribution in [3.05, 3.63) is 72.7 Å². The average molecular weight is 485 g/mol. The number of hydrogen-bond acceptors (Lipinski definition) is 6. The number of nitro benzene ring substituents is 1. The van der Waals surface area contributed by atoms with Crippen LogP contribution >= 0.6 is 23.2 Å². The van der Waals surface area contributed by atoms with Gasteiger partial charge < -0.3 is 0 Å². The highest BCUT2D eigenvalue weighted by Gasteiger charge is 2.32. The zero-order valence-electron chi connectivity index (χ0n) is 16.7. The van der Waals surface area contributed by atoms with E-state index < -0.39 is 26.7 Å². The van der Waals surface area contributed by atoms with E-state index in [-0.39, 0.29) is 27.8 Å². The van der Waals surface area contributed by atoms with E-state index in [4.69, 9.17) is 23.2 Å². The summed E-state index contributed by atoms with van der Waals surface area (Å²) in [4.78, 5) is 27.4. The lowest BCUT2D eigenvalue weighted by molar-refractivity contribution is -0.384. The molecule has 0 aliphatic rings. The fraction of sp³-hybridized carbons (Fsp3) is 0.263.